The Kier molecular flexibility index (Phi) is 7.39. The molecule has 0 aliphatic rings. The molecule has 0 bridgehead atoms. The van der Waals surface area contributed by atoms with Gasteiger partial charge in [-0.2, -0.15) is 0 Å². The predicted octanol–water partition coefficient (Wildman–Crippen LogP) is 1.92. The Balaban J connectivity index is 2.72. The van der Waals surface area contributed by atoms with Crippen LogP contribution in [0.1, 0.15) is 38.1 Å². The summed E-state index contributed by atoms with van der Waals surface area (Å²) in [5.74, 6) is -0.276. The Labute approximate surface area is 161 Å². The topological polar surface area (TPSA) is 96.0 Å². The maximum atomic E-state index is 12.5. The molecule has 1 atom stereocenters. The van der Waals surface area contributed by atoms with Crippen LogP contribution in [0, 0.1) is 0 Å². The first-order valence-electron chi connectivity index (χ1n) is 8.51. The zero-order valence-corrected chi connectivity index (χ0v) is 17.8. The van der Waals surface area contributed by atoms with Crippen molar-refractivity contribution in [1.29, 1.82) is 0 Å². The molecule has 8 nitrogen and oxygen atoms in total. The van der Waals surface area contributed by atoms with Crippen molar-refractivity contribution in [2.24, 2.45) is 0 Å². The highest BCUT2D eigenvalue weighted by atomic mass is 32.2. The molecule has 0 spiro atoms. The number of amides is 2. The van der Waals surface area contributed by atoms with Gasteiger partial charge in [0, 0.05) is 39.3 Å². The summed E-state index contributed by atoms with van der Waals surface area (Å²) in [4.78, 5) is 25.9. The van der Waals surface area contributed by atoms with E-state index in [2.05, 4.69) is 5.32 Å². The van der Waals surface area contributed by atoms with Crippen molar-refractivity contribution in [2.45, 2.75) is 44.2 Å². The average Bonchev–Trinajstić information content (AvgIpc) is 2.51. The van der Waals surface area contributed by atoms with Crippen LogP contribution in [0.15, 0.2) is 29.2 Å². The molecule has 0 aliphatic heterocycles. The molecule has 0 aliphatic carbocycles. The quantitative estimate of drug-likeness (QED) is 0.788. The second-order valence-electron chi connectivity index (χ2n) is 7.54. The van der Waals surface area contributed by atoms with E-state index in [1.165, 1.54) is 43.3 Å². The van der Waals surface area contributed by atoms with E-state index >= 15 is 0 Å². The summed E-state index contributed by atoms with van der Waals surface area (Å²) in [6.07, 6.45) is -0.547. The molecule has 152 valence electrons. The van der Waals surface area contributed by atoms with Gasteiger partial charge in [0.1, 0.15) is 5.60 Å². The summed E-state index contributed by atoms with van der Waals surface area (Å²) in [6.45, 7) is 7.35. The minimum Gasteiger partial charge on any atom is -0.444 e. The van der Waals surface area contributed by atoms with E-state index in [1.807, 2.05) is 0 Å². The van der Waals surface area contributed by atoms with Gasteiger partial charge in [0.25, 0.3) is 5.91 Å². The molecular formula is C18H29N3O5S. The van der Waals surface area contributed by atoms with Crippen molar-refractivity contribution >= 4 is 22.0 Å². The fourth-order valence-electron chi connectivity index (χ4n) is 2.25. The zero-order chi connectivity index (χ0) is 21.0. The molecule has 1 aromatic rings. The van der Waals surface area contributed by atoms with E-state index in [-0.39, 0.29) is 23.4 Å². The number of hydrogen-bond donors (Lipinski definition) is 1. The van der Waals surface area contributed by atoms with Crippen LogP contribution in [-0.4, -0.2) is 69.0 Å². The van der Waals surface area contributed by atoms with E-state index in [4.69, 9.17) is 4.74 Å². The van der Waals surface area contributed by atoms with Crippen LogP contribution >= 0.6 is 0 Å². The lowest BCUT2D eigenvalue weighted by Crippen LogP contribution is -2.44. The molecule has 0 saturated heterocycles. The van der Waals surface area contributed by atoms with Crippen molar-refractivity contribution in [2.75, 3.05) is 27.7 Å². The molecule has 0 fully saturated rings. The number of carbonyl (C=O) groups is 2. The lowest BCUT2D eigenvalue weighted by Gasteiger charge is -2.25. The number of sulfonamides is 1. The number of carbonyl (C=O) groups excluding carboxylic acids is 2. The third-order valence-corrected chi connectivity index (χ3v) is 5.37. The van der Waals surface area contributed by atoms with E-state index in [0.717, 1.165) is 4.31 Å². The van der Waals surface area contributed by atoms with Crippen LogP contribution in [0.4, 0.5) is 4.79 Å². The molecule has 0 heterocycles. The van der Waals surface area contributed by atoms with E-state index in [1.54, 1.807) is 34.7 Å². The highest BCUT2D eigenvalue weighted by molar-refractivity contribution is 7.89. The van der Waals surface area contributed by atoms with Gasteiger partial charge < -0.3 is 15.0 Å². The van der Waals surface area contributed by atoms with E-state index < -0.39 is 21.7 Å². The fourth-order valence-corrected chi connectivity index (χ4v) is 3.15. The molecule has 0 aromatic heterocycles. The van der Waals surface area contributed by atoms with Crippen LogP contribution in [-0.2, 0) is 14.8 Å². The number of hydrogen-bond acceptors (Lipinski definition) is 5. The van der Waals surface area contributed by atoms with Gasteiger partial charge in [-0.05, 0) is 52.0 Å². The Morgan fingerprint density at radius 3 is 2.07 bits per heavy atom. The number of rotatable bonds is 6. The van der Waals surface area contributed by atoms with Crippen molar-refractivity contribution in [3.05, 3.63) is 29.8 Å². The Morgan fingerprint density at radius 2 is 1.63 bits per heavy atom. The summed E-state index contributed by atoms with van der Waals surface area (Å²) in [6, 6.07) is 5.43. The molecule has 0 radical (unpaired) electrons. The van der Waals surface area contributed by atoms with Gasteiger partial charge in [0.15, 0.2) is 0 Å². The highest BCUT2D eigenvalue weighted by Gasteiger charge is 2.21. The van der Waals surface area contributed by atoms with Crippen LogP contribution in [0.25, 0.3) is 0 Å². The van der Waals surface area contributed by atoms with Crippen molar-refractivity contribution in [3.8, 4) is 0 Å². The van der Waals surface area contributed by atoms with Gasteiger partial charge in [0.05, 0.1) is 4.90 Å². The molecule has 1 aromatic carbocycles. The van der Waals surface area contributed by atoms with Crippen molar-refractivity contribution in [1.82, 2.24) is 14.5 Å². The lowest BCUT2D eigenvalue weighted by atomic mass is 10.2. The minimum absolute atomic E-state index is 0.117. The Morgan fingerprint density at radius 1 is 1.11 bits per heavy atom. The maximum absolute atomic E-state index is 12.5. The molecule has 0 saturated carbocycles. The van der Waals surface area contributed by atoms with Crippen LogP contribution < -0.4 is 5.32 Å². The summed E-state index contributed by atoms with van der Waals surface area (Å²) in [7, 11) is 0.962. The number of likely N-dealkylation sites (N-methyl/N-ethyl adjacent to an activating group) is 1. The predicted molar refractivity (Wildman–Crippen MR) is 103 cm³/mol. The number of alkyl carbamates (subject to hydrolysis) is 1. The molecule has 1 N–H and O–H groups in total. The summed E-state index contributed by atoms with van der Waals surface area (Å²) < 4.78 is 30.4. The second-order valence-corrected chi connectivity index (χ2v) is 9.70. The van der Waals surface area contributed by atoms with Gasteiger partial charge in [0.2, 0.25) is 10.0 Å². The summed E-state index contributed by atoms with van der Waals surface area (Å²) in [5, 5.41) is 2.68. The number of benzene rings is 1. The number of nitrogens with zero attached hydrogens (tertiary/aromatic N) is 2. The van der Waals surface area contributed by atoms with Crippen LogP contribution in [0.3, 0.4) is 0 Å². The molecule has 27 heavy (non-hydrogen) atoms. The van der Waals surface area contributed by atoms with Gasteiger partial charge in [-0.25, -0.2) is 17.5 Å². The summed E-state index contributed by atoms with van der Waals surface area (Å²) in [5.41, 5.74) is -0.236. The van der Waals surface area contributed by atoms with Gasteiger partial charge in [-0.15, -0.1) is 0 Å². The van der Waals surface area contributed by atoms with Crippen molar-refractivity contribution in [3.63, 3.8) is 0 Å². The SMILES string of the molecule is C[C@@H](CN(C)C(=O)c1ccc(S(=O)(=O)N(C)C)cc1)NC(=O)OC(C)(C)C. The Bertz CT molecular complexity index is 767. The molecule has 0 unspecified atom stereocenters. The minimum atomic E-state index is -3.54. The zero-order valence-electron chi connectivity index (χ0n) is 16.9. The van der Waals surface area contributed by atoms with Gasteiger partial charge >= 0.3 is 6.09 Å². The highest BCUT2D eigenvalue weighted by Crippen LogP contribution is 2.15. The molecule has 2 amide bonds. The van der Waals surface area contributed by atoms with Crippen molar-refractivity contribution < 1.29 is 22.7 Å². The smallest absolute Gasteiger partial charge is 0.407 e. The lowest BCUT2D eigenvalue weighted by molar-refractivity contribution is 0.0491. The standard InChI is InChI=1S/C18H29N3O5S/c1-13(19-17(23)26-18(2,3)4)12-21(7)16(22)14-8-10-15(11-9-14)27(24,25)20(5)6/h8-11,13H,12H2,1-7H3,(H,19,23)/t13-/m0/s1. The molecule has 9 heteroatoms. The monoisotopic (exact) mass is 399 g/mol. The summed E-state index contributed by atoms with van der Waals surface area (Å²) >= 11 is 0. The first kappa shape index (κ1) is 22.9. The van der Waals surface area contributed by atoms with Gasteiger partial charge in [-0.3, -0.25) is 4.79 Å². The largest absolute Gasteiger partial charge is 0.444 e. The second kappa shape index (κ2) is 8.71. The van der Waals surface area contributed by atoms with Crippen LogP contribution in [0.2, 0.25) is 0 Å². The van der Waals surface area contributed by atoms with Crippen LogP contribution in [0.5, 0.6) is 0 Å². The normalized spacial score (nSPS) is 13.2. The van der Waals surface area contributed by atoms with E-state index in [9.17, 15) is 18.0 Å². The maximum Gasteiger partial charge on any atom is 0.407 e. The van der Waals surface area contributed by atoms with E-state index in [0.29, 0.717) is 5.56 Å². The number of ether oxygens (including phenoxy) is 1. The number of nitrogens with one attached hydrogen (secondary N) is 1. The molecular weight excluding hydrogens is 370 g/mol. The molecule has 1 rings (SSSR count). The average molecular weight is 400 g/mol. The van der Waals surface area contributed by atoms with Gasteiger partial charge in [-0.1, -0.05) is 0 Å². The first-order chi connectivity index (χ1) is 12.2. The Hall–Kier alpha value is -2.13. The third-order valence-electron chi connectivity index (χ3n) is 3.54. The fraction of sp³-hybridized carbons (Fsp3) is 0.556. The third kappa shape index (κ3) is 6.84. The first-order valence-corrected chi connectivity index (χ1v) is 9.95.